The molecule has 0 aliphatic rings. The van der Waals surface area contributed by atoms with Crippen LogP contribution in [0.1, 0.15) is 44.6 Å². The molecule has 178 valence electrons. The number of halogens is 1. The molecule has 10 heteroatoms. The van der Waals surface area contributed by atoms with Gasteiger partial charge in [0.25, 0.3) is 17.6 Å². The van der Waals surface area contributed by atoms with Gasteiger partial charge in [-0.2, -0.15) is 0 Å². The number of ketones is 1. The zero-order valence-corrected chi connectivity index (χ0v) is 19.4. The van der Waals surface area contributed by atoms with E-state index >= 15 is 0 Å². The van der Waals surface area contributed by atoms with Crippen molar-refractivity contribution in [1.82, 2.24) is 9.88 Å². The van der Waals surface area contributed by atoms with Gasteiger partial charge in [0.05, 0.1) is 30.4 Å². The Morgan fingerprint density at radius 2 is 1.82 bits per heavy atom. The summed E-state index contributed by atoms with van der Waals surface area (Å²) >= 11 is 0. The van der Waals surface area contributed by atoms with Crippen LogP contribution in [0.5, 0.6) is 0 Å². The van der Waals surface area contributed by atoms with Crippen LogP contribution >= 0.6 is 0 Å². The first kappa shape index (κ1) is 25.7. The average molecular weight is 461 g/mol. The van der Waals surface area contributed by atoms with Gasteiger partial charge in [0, 0.05) is 25.0 Å². The SMILES string of the molecule is COC(=O)C(CNC(=O)C(=O)c1c(C)c(C(=O)Nc2ccc(F)c(C)c2)c(C)n1C)[C@H](C)O. The van der Waals surface area contributed by atoms with E-state index in [0.717, 1.165) is 7.11 Å². The zero-order valence-electron chi connectivity index (χ0n) is 19.4. The maximum Gasteiger partial charge on any atom is 0.313 e. The standard InChI is InChI=1S/C23H28FN3O6/c1-11-9-15(7-8-17(11)24)26-21(30)18-12(2)19(27(5)13(18)3)20(29)22(31)25-10-16(14(4)28)23(32)33-6/h7-9,14,16,28H,10H2,1-6H3,(H,25,31)(H,26,30)/t14-,16?/m0/s1. The lowest BCUT2D eigenvalue weighted by atomic mass is 10.0. The van der Waals surface area contributed by atoms with Crippen LogP contribution in [0.3, 0.4) is 0 Å². The van der Waals surface area contributed by atoms with E-state index in [4.69, 9.17) is 0 Å². The number of Topliss-reactive ketones (excluding diaryl/α,β-unsaturated/α-hetero) is 1. The lowest BCUT2D eigenvalue weighted by Crippen LogP contribution is -2.41. The molecule has 0 aliphatic carbocycles. The van der Waals surface area contributed by atoms with E-state index in [1.165, 1.54) is 29.7 Å². The van der Waals surface area contributed by atoms with Crippen LogP contribution in [0.2, 0.25) is 0 Å². The maximum absolute atomic E-state index is 13.5. The van der Waals surface area contributed by atoms with Crippen LogP contribution in [-0.4, -0.2) is 53.0 Å². The van der Waals surface area contributed by atoms with Gasteiger partial charge in [-0.05, 0) is 57.0 Å². The smallest absolute Gasteiger partial charge is 0.313 e. The van der Waals surface area contributed by atoms with Crippen molar-refractivity contribution in [1.29, 1.82) is 0 Å². The molecule has 2 rings (SSSR count). The monoisotopic (exact) mass is 461 g/mol. The normalized spacial score (nSPS) is 12.6. The number of nitrogens with one attached hydrogen (secondary N) is 2. The summed E-state index contributed by atoms with van der Waals surface area (Å²) in [6.07, 6.45) is -1.10. The van der Waals surface area contributed by atoms with E-state index in [1.54, 1.807) is 27.8 Å². The third kappa shape index (κ3) is 5.46. The van der Waals surface area contributed by atoms with Gasteiger partial charge in [-0.1, -0.05) is 0 Å². The second-order valence-corrected chi connectivity index (χ2v) is 7.82. The molecule has 33 heavy (non-hydrogen) atoms. The van der Waals surface area contributed by atoms with Crippen LogP contribution < -0.4 is 10.6 Å². The van der Waals surface area contributed by atoms with Crippen LogP contribution in [0.4, 0.5) is 10.1 Å². The van der Waals surface area contributed by atoms with Crippen molar-refractivity contribution in [3.05, 3.63) is 52.1 Å². The molecule has 1 unspecified atom stereocenters. The van der Waals surface area contributed by atoms with Gasteiger partial charge in [0.1, 0.15) is 5.82 Å². The third-order valence-electron chi connectivity index (χ3n) is 5.56. The van der Waals surface area contributed by atoms with Gasteiger partial charge in [-0.25, -0.2) is 4.39 Å². The van der Waals surface area contributed by atoms with Crippen LogP contribution in [0.25, 0.3) is 0 Å². The minimum absolute atomic E-state index is 0.0112. The van der Waals surface area contributed by atoms with E-state index in [1.807, 2.05) is 0 Å². The Bertz CT molecular complexity index is 1110. The van der Waals surface area contributed by atoms with Gasteiger partial charge in [-0.15, -0.1) is 0 Å². The molecular weight excluding hydrogens is 433 g/mol. The number of ether oxygens (including phenoxy) is 1. The molecular formula is C23H28FN3O6. The Balaban J connectivity index is 2.25. The van der Waals surface area contributed by atoms with Gasteiger partial charge < -0.3 is 25.0 Å². The molecule has 3 N–H and O–H groups in total. The highest BCUT2D eigenvalue weighted by atomic mass is 19.1. The number of amides is 2. The number of methoxy groups -OCH3 is 1. The first-order valence-electron chi connectivity index (χ1n) is 10.2. The first-order valence-corrected chi connectivity index (χ1v) is 10.2. The number of aliphatic hydroxyl groups is 1. The quantitative estimate of drug-likeness (QED) is 0.313. The topological polar surface area (TPSA) is 127 Å². The maximum atomic E-state index is 13.5. The molecule has 1 aromatic heterocycles. The number of aryl methyl sites for hydroxylation is 1. The number of benzene rings is 1. The summed E-state index contributed by atoms with van der Waals surface area (Å²) in [6.45, 7) is 5.82. The van der Waals surface area contributed by atoms with Crippen molar-refractivity contribution in [2.45, 2.75) is 33.8 Å². The highest BCUT2D eigenvalue weighted by Crippen LogP contribution is 2.24. The fourth-order valence-electron chi connectivity index (χ4n) is 3.54. The molecule has 1 aromatic carbocycles. The molecule has 0 saturated carbocycles. The molecule has 9 nitrogen and oxygen atoms in total. The second kappa shape index (κ2) is 10.4. The van der Waals surface area contributed by atoms with E-state index in [0.29, 0.717) is 22.5 Å². The number of hydrogen-bond acceptors (Lipinski definition) is 6. The Kier molecular flexibility index (Phi) is 8.10. The Morgan fingerprint density at radius 3 is 2.36 bits per heavy atom. The predicted molar refractivity (Wildman–Crippen MR) is 119 cm³/mol. The number of anilines is 1. The largest absolute Gasteiger partial charge is 0.469 e. The summed E-state index contributed by atoms with van der Waals surface area (Å²) in [6, 6.07) is 4.15. The Hall–Kier alpha value is -3.53. The van der Waals surface area contributed by atoms with Crippen molar-refractivity contribution < 1.29 is 33.4 Å². The summed E-state index contributed by atoms with van der Waals surface area (Å²) in [4.78, 5) is 50.0. The molecule has 0 fully saturated rings. The highest BCUT2D eigenvalue weighted by Gasteiger charge is 2.30. The van der Waals surface area contributed by atoms with Crippen molar-refractivity contribution >= 4 is 29.3 Å². The highest BCUT2D eigenvalue weighted by molar-refractivity contribution is 6.43. The minimum atomic E-state index is -1.10. The molecule has 0 bridgehead atoms. The molecule has 2 atom stereocenters. The minimum Gasteiger partial charge on any atom is -0.469 e. The zero-order chi connectivity index (χ0) is 25.0. The predicted octanol–water partition coefficient (Wildman–Crippen LogP) is 1.81. The molecule has 2 amide bonds. The van der Waals surface area contributed by atoms with E-state index in [2.05, 4.69) is 15.4 Å². The summed E-state index contributed by atoms with van der Waals surface area (Å²) in [5, 5.41) is 14.7. The number of esters is 1. The average Bonchev–Trinajstić information content (AvgIpc) is 2.97. The molecule has 0 radical (unpaired) electrons. The lowest BCUT2D eigenvalue weighted by molar-refractivity contribution is -0.148. The van der Waals surface area contributed by atoms with Gasteiger partial charge >= 0.3 is 5.97 Å². The Morgan fingerprint density at radius 1 is 1.18 bits per heavy atom. The molecule has 0 spiro atoms. The fraction of sp³-hybridized carbons (Fsp3) is 0.391. The van der Waals surface area contributed by atoms with Crippen LogP contribution in [0.15, 0.2) is 18.2 Å². The number of nitrogens with zero attached hydrogens (tertiary/aromatic N) is 1. The number of hydrogen-bond donors (Lipinski definition) is 3. The van der Waals surface area contributed by atoms with Gasteiger partial charge in [-0.3, -0.25) is 19.2 Å². The van der Waals surface area contributed by atoms with Crippen molar-refractivity contribution in [3.63, 3.8) is 0 Å². The third-order valence-corrected chi connectivity index (χ3v) is 5.56. The first-order chi connectivity index (χ1) is 15.4. The number of aliphatic hydroxyl groups excluding tert-OH is 1. The van der Waals surface area contributed by atoms with E-state index in [9.17, 15) is 28.7 Å². The lowest BCUT2D eigenvalue weighted by Gasteiger charge is -2.17. The molecule has 0 saturated heterocycles. The van der Waals surface area contributed by atoms with Gasteiger partial charge in [0.15, 0.2) is 0 Å². The van der Waals surface area contributed by atoms with Gasteiger partial charge in [0.2, 0.25) is 0 Å². The second-order valence-electron chi connectivity index (χ2n) is 7.82. The summed E-state index contributed by atoms with van der Waals surface area (Å²) in [5.41, 5.74) is 1.73. The number of rotatable bonds is 8. The van der Waals surface area contributed by atoms with Crippen LogP contribution in [-0.2, 0) is 21.4 Å². The Labute approximate surface area is 190 Å². The van der Waals surface area contributed by atoms with Crippen molar-refractivity contribution in [2.75, 3.05) is 19.0 Å². The molecule has 2 aromatic rings. The van der Waals surface area contributed by atoms with Crippen LogP contribution in [0, 0.1) is 32.5 Å². The van der Waals surface area contributed by atoms with E-state index in [-0.39, 0.29) is 17.8 Å². The number of carbonyl (C=O) groups excluding carboxylic acids is 4. The summed E-state index contributed by atoms with van der Waals surface area (Å²) in [5.74, 6) is -4.56. The van der Waals surface area contributed by atoms with E-state index < -0.39 is 41.4 Å². The summed E-state index contributed by atoms with van der Waals surface area (Å²) in [7, 11) is 2.70. The van der Waals surface area contributed by atoms with Crippen molar-refractivity contribution in [2.24, 2.45) is 13.0 Å². The summed E-state index contributed by atoms with van der Waals surface area (Å²) < 4.78 is 19.5. The molecule has 1 heterocycles. The van der Waals surface area contributed by atoms with Crippen molar-refractivity contribution in [3.8, 4) is 0 Å². The molecule has 0 aliphatic heterocycles. The number of aromatic nitrogens is 1. The fourth-order valence-corrected chi connectivity index (χ4v) is 3.54. The number of carbonyl (C=O) groups is 4.